The fourth-order valence-electron chi connectivity index (χ4n) is 2.52. The Balaban J connectivity index is 0.00000288. The van der Waals surface area contributed by atoms with E-state index in [2.05, 4.69) is 10.3 Å². The molecule has 2 rings (SSSR count). The van der Waals surface area contributed by atoms with Crippen LogP contribution in [0.15, 0.2) is 18.3 Å². The highest BCUT2D eigenvalue weighted by Crippen LogP contribution is 2.29. The number of carbonyl (C=O) groups is 1. The molecule has 0 fully saturated rings. The number of aliphatic hydroxyl groups is 1. The molecule has 0 radical (unpaired) electrons. The number of halogens is 2. The van der Waals surface area contributed by atoms with Crippen molar-refractivity contribution in [2.75, 3.05) is 25.0 Å². The molecular formula is C17H25Cl2N3O3. The molecule has 1 aromatic carbocycles. The molecule has 0 aliphatic carbocycles. The highest BCUT2D eigenvalue weighted by molar-refractivity contribution is 6.05. The first kappa shape index (κ1) is 23.4. The molecule has 0 saturated heterocycles. The minimum Gasteiger partial charge on any atom is -0.462 e. The zero-order valence-electron chi connectivity index (χ0n) is 14.5. The number of esters is 1. The average Bonchev–Trinajstić information content (AvgIpc) is 2.52. The molecule has 0 saturated carbocycles. The molecule has 1 heterocycles. The molecule has 1 atom stereocenters. The first-order valence-electron chi connectivity index (χ1n) is 7.67. The van der Waals surface area contributed by atoms with Gasteiger partial charge in [0.15, 0.2) is 0 Å². The van der Waals surface area contributed by atoms with E-state index in [0.717, 1.165) is 22.0 Å². The van der Waals surface area contributed by atoms with Crippen LogP contribution in [0.5, 0.6) is 0 Å². The summed E-state index contributed by atoms with van der Waals surface area (Å²) < 4.78 is 5.11. The van der Waals surface area contributed by atoms with E-state index in [-0.39, 0.29) is 44.5 Å². The molecule has 1 unspecified atom stereocenters. The normalized spacial score (nSPS) is 11.2. The third-order valence-corrected chi connectivity index (χ3v) is 3.59. The summed E-state index contributed by atoms with van der Waals surface area (Å²) in [6.07, 6.45) is 0.818. The van der Waals surface area contributed by atoms with E-state index in [1.54, 1.807) is 6.92 Å². The SMILES string of the molecule is CCOC(=O)c1cnc2c(C)cc(C)cc2c1NCC(O)CN.Cl.Cl. The molecule has 1 aromatic heterocycles. The van der Waals surface area contributed by atoms with Crippen LogP contribution < -0.4 is 11.1 Å². The van der Waals surface area contributed by atoms with E-state index in [0.29, 0.717) is 11.3 Å². The lowest BCUT2D eigenvalue weighted by molar-refractivity contribution is 0.0527. The lowest BCUT2D eigenvalue weighted by Crippen LogP contribution is -2.28. The topological polar surface area (TPSA) is 97.5 Å². The van der Waals surface area contributed by atoms with Gasteiger partial charge in [-0.05, 0) is 32.4 Å². The largest absolute Gasteiger partial charge is 0.462 e. The lowest BCUT2D eigenvalue weighted by Gasteiger charge is -2.17. The number of fused-ring (bicyclic) bond motifs is 1. The molecule has 140 valence electrons. The minimum absolute atomic E-state index is 0. The van der Waals surface area contributed by atoms with E-state index >= 15 is 0 Å². The van der Waals surface area contributed by atoms with Crippen molar-refractivity contribution in [3.8, 4) is 0 Å². The number of nitrogens with one attached hydrogen (secondary N) is 1. The zero-order chi connectivity index (χ0) is 17.0. The van der Waals surface area contributed by atoms with E-state index in [4.69, 9.17) is 10.5 Å². The maximum atomic E-state index is 12.2. The Bertz CT molecular complexity index is 726. The predicted octanol–water partition coefficient (Wildman–Crippen LogP) is 2.60. The van der Waals surface area contributed by atoms with Crippen LogP contribution in [0, 0.1) is 13.8 Å². The monoisotopic (exact) mass is 389 g/mol. The van der Waals surface area contributed by atoms with Gasteiger partial charge in [0.1, 0.15) is 5.56 Å². The Morgan fingerprint density at radius 1 is 1.36 bits per heavy atom. The summed E-state index contributed by atoms with van der Waals surface area (Å²) >= 11 is 0. The van der Waals surface area contributed by atoms with E-state index in [1.165, 1.54) is 6.20 Å². The summed E-state index contributed by atoms with van der Waals surface area (Å²) in [6.45, 7) is 6.39. The van der Waals surface area contributed by atoms with Crippen molar-refractivity contribution >= 4 is 47.4 Å². The van der Waals surface area contributed by atoms with Gasteiger partial charge in [0.05, 0.1) is 23.9 Å². The summed E-state index contributed by atoms with van der Waals surface area (Å²) in [4.78, 5) is 16.6. The second kappa shape index (κ2) is 10.4. The number of anilines is 1. The molecule has 0 aliphatic heterocycles. The second-order valence-corrected chi connectivity index (χ2v) is 5.52. The van der Waals surface area contributed by atoms with Gasteiger partial charge in [-0.25, -0.2) is 4.79 Å². The number of nitrogens with zero attached hydrogens (tertiary/aromatic N) is 1. The van der Waals surface area contributed by atoms with Crippen molar-refractivity contribution in [3.63, 3.8) is 0 Å². The number of aliphatic hydroxyl groups excluding tert-OH is 1. The van der Waals surface area contributed by atoms with Crippen LogP contribution in [0.1, 0.15) is 28.4 Å². The van der Waals surface area contributed by atoms with Gasteiger partial charge in [0.25, 0.3) is 0 Å². The third kappa shape index (κ3) is 5.44. The molecule has 6 nitrogen and oxygen atoms in total. The van der Waals surface area contributed by atoms with Crippen molar-refractivity contribution in [1.29, 1.82) is 0 Å². The fraction of sp³-hybridized carbons (Fsp3) is 0.412. The Kier molecular flexibility index (Phi) is 9.74. The highest BCUT2D eigenvalue weighted by Gasteiger charge is 2.18. The van der Waals surface area contributed by atoms with Crippen LogP contribution in [0.25, 0.3) is 10.9 Å². The summed E-state index contributed by atoms with van der Waals surface area (Å²) in [7, 11) is 0. The maximum Gasteiger partial charge on any atom is 0.341 e. The zero-order valence-corrected chi connectivity index (χ0v) is 16.2. The highest BCUT2D eigenvalue weighted by atomic mass is 35.5. The van der Waals surface area contributed by atoms with Crippen LogP contribution in [0.4, 0.5) is 5.69 Å². The standard InChI is InChI=1S/C17H23N3O3.2ClH/c1-4-23-17(22)14-9-20-15-11(3)5-10(2)6-13(15)16(14)19-8-12(21)7-18;;/h5-6,9,12,21H,4,7-8,18H2,1-3H3,(H,19,20);2*1H. The number of aryl methyl sites for hydroxylation is 2. The number of aromatic nitrogens is 1. The van der Waals surface area contributed by atoms with Crippen LogP contribution in [-0.4, -0.2) is 41.9 Å². The average molecular weight is 390 g/mol. The number of hydrogen-bond donors (Lipinski definition) is 3. The second-order valence-electron chi connectivity index (χ2n) is 5.52. The smallest absolute Gasteiger partial charge is 0.341 e. The van der Waals surface area contributed by atoms with E-state index in [9.17, 15) is 9.90 Å². The van der Waals surface area contributed by atoms with Crippen molar-refractivity contribution in [1.82, 2.24) is 4.98 Å². The molecule has 2 aromatic rings. The number of rotatable bonds is 6. The molecule has 4 N–H and O–H groups in total. The summed E-state index contributed by atoms with van der Waals surface area (Å²) in [5.74, 6) is -0.439. The molecule has 0 amide bonds. The van der Waals surface area contributed by atoms with Gasteiger partial charge in [-0.15, -0.1) is 24.8 Å². The van der Waals surface area contributed by atoms with E-state index in [1.807, 2.05) is 26.0 Å². The van der Waals surface area contributed by atoms with Gasteiger partial charge in [-0.3, -0.25) is 4.98 Å². The molecule has 25 heavy (non-hydrogen) atoms. The van der Waals surface area contributed by atoms with Gasteiger partial charge in [0, 0.05) is 24.7 Å². The van der Waals surface area contributed by atoms with E-state index < -0.39 is 12.1 Å². The Labute approximate surface area is 160 Å². The molecule has 0 bridgehead atoms. The molecular weight excluding hydrogens is 365 g/mol. The predicted molar refractivity (Wildman–Crippen MR) is 105 cm³/mol. The molecule has 0 aliphatic rings. The fourth-order valence-corrected chi connectivity index (χ4v) is 2.52. The van der Waals surface area contributed by atoms with Crippen molar-refractivity contribution in [2.24, 2.45) is 5.73 Å². The Hall–Kier alpha value is -1.60. The number of nitrogens with two attached hydrogens (primary N) is 1. The third-order valence-electron chi connectivity index (χ3n) is 3.59. The van der Waals surface area contributed by atoms with Crippen LogP contribution >= 0.6 is 24.8 Å². The van der Waals surface area contributed by atoms with Gasteiger partial charge in [0.2, 0.25) is 0 Å². The van der Waals surface area contributed by atoms with Gasteiger partial charge in [-0.1, -0.05) is 11.6 Å². The molecule has 8 heteroatoms. The van der Waals surface area contributed by atoms with Crippen LogP contribution in [0.3, 0.4) is 0 Å². The molecule has 0 spiro atoms. The summed E-state index contributed by atoms with van der Waals surface area (Å²) in [5, 5.41) is 13.7. The number of ether oxygens (including phenoxy) is 1. The lowest BCUT2D eigenvalue weighted by atomic mass is 10.0. The van der Waals surface area contributed by atoms with Crippen molar-refractivity contribution in [2.45, 2.75) is 26.9 Å². The quantitative estimate of drug-likeness (QED) is 0.656. The summed E-state index contributed by atoms with van der Waals surface area (Å²) in [6, 6.07) is 4.01. The summed E-state index contributed by atoms with van der Waals surface area (Å²) in [5.41, 5.74) is 9.33. The number of carbonyl (C=O) groups excluding carboxylic acids is 1. The van der Waals surface area contributed by atoms with Crippen molar-refractivity contribution in [3.05, 3.63) is 35.0 Å². The van der Waals surface area contributed by atoms with Gasteiger partial charge < -0.3 is 20.9 Å². The maximum absolute atomic E-state index is 12.2. The van der Waals surface area contributed by atoms with Gasteiger partial charge >= 0.3 is 5.97 Å². The minimum atomic E-state index is -0.695. The van der Waals surface area contributed by atoms with Crippen LogP contribution in [0.2, 0.25) is 0 Å². The Morgan fingerprint density at radius 2 is 2.04 bits per heavy atom. The number of benzene rings is 1. The number of pyridine rings is 1. The Morgan fingerprint density at radius 3 is 2.64 bits per heavy atom. The number of hydrogen-bond acceptors (Lipinski definition) is 6. The van der Waals surface area contributed by atoms with Crippen LogP contribution in [-0.2, 0) is 4.74 Å². The first-order chi connectivity index (χ1) is 11.0. The van der Waals surface area contributed by atoms with Crippen molar-refractivity contribution < 1.29 is 14.6 Å². The van der Waals surface area contributed by atoms with Gasteiger partial charge in [-0.2, -0.15) is 0 Å². The first-order valence-corrected chi connectivity index (χ1v) is 7.67.